The molecule has 2 N–H and O–H groups in total. The van der Waals surface area contributed by atoms with Crippen LogP contribution >= 0.6 is 0 Å². The standard InChI is InChI=1S/C20H24N6O2/c1-3-9-21-20(28)18-17(14-25(4-2)24-18)23-19(27)16-8-5-7-15(12-16)13-26-11-6-10-22-26/h5-8,10-12,14H,3-4,9,13H2,1-2H3,(H,21,28)(H,23,27). The van der Waals surface area contributed by atoms with Gasteiger partial charge in [0.2, 0.25) is 0 Å². The molecule has 0 saturated carbocycles. The molecule has 8 heteroatoms. The van der Waals surface area contributed by atoms with Crippen molar-refractivity contribution in [2.45, 2.75) is 33.4 Å². The molecular weight excluding hydrogens is 356 g/mol. The minimum atomic E-state index is -0.295. The third-order valence-corrected chi connectivity index (χ3v) is 4.18. The molecule has 28 heavy (non-hydrogen) atoms. The second-order valence-electron chi connectivity index (χ2n) is 6.36. The van der Waals surface area contributed by atoms with Gasteiger partial charge in [-0.3, -0.25) is 19.0 Å². The van der Waals surface area contributed by atoms with Gasteiger partial charge >= 0.3 is 0 Å². The number of hydrogen-bond donors (Lipinski definition) is 2. The molecule has 0 aliphatic heterocycles. The van der Waals surface area contributed by atoms with Crippen molar-refractivity contribution in [2.24, 2.45) is 0 Å². The fraction of sp³-hybridized carbons (Fsp3) is 0.300. The molecule has 2 heterocycles. The van der Waals surface area contributed by atoms with Gasteiger partial charge in [0.25, 0.3) is 11.8 Å². The van der Waals surface area contributed by atoms with E-state index >= 15 is 0 Å². The number of rotatable bonds is 8. The summed E-state index contributed by atoms with van der Waals surface area (Å²) in [6, 6.07) is 9.18. The van der Waals surface area contributed by atoms with Gasteiger partial charge in [0, 0.05) is 37.2 Å². The minimum absolute atomic E-state index is 0.219. The first-order chi connectivity index (χ1) is 13.6. The molecule has 0 atom stereocenters. The maximum Gasteiger partial charge on any atom is 0.273 e. The fourth-order valence-corrected chi connectivity index (χ4v) is 2.75. The number of nitrogens with one attached hydrogen (secondary N) is 2. The summed E-state index contributed by atoms with van der Waals surface area (Å²) in [5.41, 5.74) is 2.09. The van der Waals surface area contributed by atoms with Gasteiger partial charge in [0.05, 0.1) is 12.2 Å². The summed E-state index contributed by atoms with van der Waals surface area (Å²) in [5.74, 6) is -0.584. The summed E-state index contributed by atoms with van der Waals surface area (Å²) in [4.78, 5) is 25.1. The van der Waals surface area contributed by atoms with E-state index in [4.69, 9.17) is 0 Å². The van der Waals surface area contributed by atoms with Crippen LogP contribution in [-0.2, 0) is 13.1 Å². The van der Waals surface area contributed by atoms with Crippen LogP contribution < -0.4 is 10.6 Å². The number of hydrogen-bond acceptors (Lipinski definition) is 4. The first-order valence-corrected chi connectivity index (χ1v) is 9.34. The lowest BCUT2D eigenvalue weighted by Crippen LogP contribution is -2.26. The van der Waals surface area contributed by atoms with Crippen LogP contribution in [0.3, 0.4) is 0 Å². The van der Waals surface area contributed by atoms with Gasteiger partial charge in [0.15, 0.2) is 5.69 Å². The van der Waals surface area contributed by atoms with Crippen molar-refractivity contribution < 1.29 is 9.59 Å². The predicted octanol–water partition coefficient (Wildman–Crippen LogP) is 2.54. The lowest BCUT2D eigenvalue weighted by Gasteiger charge is -2.08. The zero-order valence-corrected chi connectivity index (χ0v) is 16.1. The monoisotopic (exact) mass is 380 g/mol. The largest absolute Gasteiger partial charge is 0.351 e. The average molecular weight is 380 g/mol. The number of aryl methyl sites for hydroxylation is 1. The molecule has 0 unspecified atom stereocenters. The second-order valence-corrected chi connectivity index (χ2v) is 6.36. The van der Waals surface area contributed by atoms with E-state index in [-0.39, 0.29) is 17.5 Å². The van der Waals surface area contributed by atoms with E-state index in [9.17, 15) is 9.59 Å². The Morgan fingerprint density at radius 1 is 1.11 bits per heavy atom. The third-order valence-electron chi connectivity index (χ3n) is 4.18. The molecule has 0 saturated heterocycles. The van der Waals surface area contributed by atoms with E-state index in [1.165, 1.54) is 0 Å². The molecule has 146 valence electrons. The van der Waals surface area contributed by atoms with Crippen LogP contribution in [0.1, 0.15) is 46.7 Å². The van der Waals surface area contributed by atoms with E-state index in [2.05, 4.69) is 20.8 Å². The van der Waals surface area contributed by atoms with Crippen LogP contribution in [0.15, 0.2) is 48.9 Å². The molecule has 8 nitrogen and oxygen atoms in total. The number of aromatic nitrogens is 4. The zero-order chi connectivity index (χ0) is 19.9. The lowest BCUT2D eigenvalue weighted by molar-refractivity contribution is 0.0948. The van der Waals surface area contributed by atoms with Crippen LogP contribution in [0.5, 0.6) is 0 Å². The molecule has 0 aliphatic carbocycles. The van der Waals surface area contributed by atoms with Crippen LogP contribution in [0.2, 0.25) is 0 Å². The molecule has 0 fully saturated rings. The van der Waals surface area contributed by atoms with Crippen molar-refractivity contribution >= 4 is 17.5 Å². The lowest BCUT2D eigenvalue weighted by atomic mass is 10.1. The Balaban J connectivity index is 1.77. The van der Waals surface area contributed by atoms with E-state index < -0.39 is 0 Å². The molecule has 3 rings (SSSR count). The molecular formula is C20H24N6O2. The Labute approximate surface area is 163 Å². The van der Waals surface area contributed by atoms with Crippen LogP contribution in [0.25, 0.3) is 0 Å². The van der Waals surface area contributed by atoms with Crippen molar-refractivity contribution in [3.8, 4) is 0 Å². The average Bonchev–Trinajstić information content (AvgIpc) is 3.36. The first kappa shape index (κ1) is 19.3. The van der Waals surface area contributed by atoms with Crippen molar-refractivity contribution in [3.05, 3.63) is 65.7 Å². The fourth-order valence-electron chi connectivity index (χ4n) is 2.75. The third kappa shape index (κ3) is 4.64. The summed E-state index contributed by atoms with van der Waals surface area (Å²) in [6.45, 7) is 5.63. The summed E-state index contributed by atoms with van der Waals surface area (Å²) in [7, 11) is 0. The van der Waals surface area contributed by atoms with Gasteiger partial charge in [0.1, 0.15) is 0 Å². The molecule has 0 aliphatic rings. The van der Waals surface area contributed by atoms with Crippen LogP contribution in [0, 0.1) is 0 Å². The normalized spacial score (nSPS) is 10.6. The highest BCUT2D eigenvalue weighted by Crippen LogP contribution is 2.16. The quantitative estimate of drug-likeness (QED) is 0.628. The molecule has 1 aromatic carbocycles. The minimum Gasteiger partial charge on any atom is -0.351 e. The Hall–Kier alpha value is -3.42. The Morgan fingerprint density at radius 2 is 1.96 bits per heavy atom. The van der Waals surface area contributed by atoms with Crippen molar-refractivity contribution in [2.75, 3.05) is 11.9 Å². The van der Waals surface area contributed by atoms with Gasteiger partial charge < -0.3 is 10.6 Å². The SMILES string of the molecule is CCCNC(=O)c1nn(CC)cc1NC(=O)c1cccc(Cn2cccn2)c1. The van der Waals surface area contributed by atoms with Crippen molar-refractivity contribution in [1.82, 2.24) is 24.9 Å². The smallest absolute Gasteiger partial charge is 0.273 e. The first-order valence-electron chi connectivity index (χ1n) is 9.34. The van der Waals surface area contributed by atoms with Gasteiger partial charge in [-0.05, 0) is 37.1 Å². The topological polar surface area (TPSA) is 93.8 Å². The number of anilines is 1. The summed E-state index contributed by atoms with van der Waals surface area (Å²) in [5, 5.41) is 14.1. The highest BCUT2D eigenvalue weighted by Gasteiger charge is 2.19. The Kier molecular flexibility index (Phi) is 6.21. The Bertz CT molecular complexity index is 946. The highest BCUT2D eigenvalue weighted by atomic mass is 16.2. The van der Waals surface area contributed by atoms with E-state index in [1.54, 1.807) is 27.8 Å². The second kappa shape index (κ2) is 8.98. The molecule has 0 spiro atoms. The number of benzene rings is 1. The van der Waals surface area contributed by atoms with Crippen LogP contribution in [0.4, 0.5) is 5.69 Å². The van der Waals surface area contributed by atoms with Crippen molar-refractivity contribution in [1.29, 1.82) is 0 Å². The van der Waals surface area contributed by atoms with Gasteiger partial charge in [-0.15, -0.1) is 0 Å². The maximum absolute atomic E-state index is 12.8. The number of amides is 2. The predicted molar refractivity (Wildman–Crippen MR) is 106 cm³/mol. The number of carbonyl (C=O) groups is 2. The van der Waals surface area contributed by atoms with Crippen molar-refractivity contribution in [3.63, 3.8) is 0 Å². The molecule has 2 amide bonds. The van der Waals surface area contributed by atoms with Gasteiger partial charge in [-0.2, -0.15) is 10.2 Å². The maximum atomic E-state index is 12.8. The summed E-state index contributed by atoms with van der Waals surface area (Å²) < 4.78 is 3.42. The van der Waals surface area contributed by atoms with E-state index in [0.717, 1.165) is 12.0 Å². The molecule has 2 aromatic heterocycles. The summed E-state index contributed by atoms with van der Waals surface area (Å²) in [6.07, 6.45) is 6.08. The molecule has 3 aromatic rings. The highest BCUT2D eigenvalue weighted by molar-refractivity contribution is 6.08. The number of carbonyl (C=O) groups excluding carboxylic acids is 2. The van der Waals surface area contributed by atoms with Gasteiger partial charge in [-0.1, -0.05) is 19.1 Å². The van der Waals surface area contributed by atoms with E-state index in [0.29, 0.717) is 30.9 Å². The Morgan fingerprint density at radius 3 is 2.68 bits per heavy atom. The van der Waals surface area contributed by atoms with Crippen LogP contribution in [-0.4, -0.2) is 37.9 Å². The molecule has 0 bridgehead atoms. The number of nitrogens with zero attached hydrogens (tertiary/aromatic N) is 4. The molecule has 0 radical (unpaired) electrons. The summed E-state index contributed by atoms with van der Waals surface area (Å²) >= 11 is 0. The van der Waals surface area contributed by atoms with E-state index in [1.807, 2.05) is 44.3 Å². The zero-order valence-electron chi connectivity index (χ0n) is 16.1. The van der Waals surface area contributed by atoms with Gasteiger partial charge in [-0.25, -0.2) is 0 Å².